The molecule has 26 heavy (non-hydrogen) atoms. The van der Waals surface area contributed by atoms with Crippen LogP contribution in [-0.4, -0.2) is 14.7 Å². The maximum Gasteiger partial charge on any atom is 0.270 e. The molecular weight excluding hydrogens is 348 g/mol. The molecule has 0 aliphatic heterocycles. The van der Waals surface area contributed by atoms with Crippen LogP contribution in [-0.2, 0) is 0 Å². The van der Waals surface area contributed by atoms with Crippen molar-refractivity contribution >= 4 is 22.4 Å². The highest BCUT2D eigenvalue weighted by Crippen LogP contribution is 2.31. The van der Waals surface area contributed by atoms with Gasteiger partial charge in [-0.15, -0.1) is 0 Å². The first-order valence-electron chi connectivity index (χ1n) is 7.58. The molecule has 0 unspecified atom stereocenters. The highest BCUT2D eigenvalue weighted by Gasteiger charge is 2.19. The predicted molar refractivity (Wildman–Crippen MR) is 98.3 cm³/mol. The van der Waals surface area contributed by atoms with Crippen LogP contribution in [0.25, 0.3) is 27.8 Å². The highest BCUT2D eigenvalue weighted by molar-refractivity contribution is 7.08. The summed E-state index contributed by atoms with van der Waals surface area (Å²) in [6, 6.07) is 14.7. The average Bonchev–Trinajstić information content (AvgIpc) is 3.30. The average molecular weight is 358 g/mol. The largest absolute Gasteiger partial charge is 0.504 e. The highest BCUT2D eigenvalue weighted by atomic mass is 32.1. The molecule has 0 saturated heterocycles. The Morgan fingerprint density at radius 2 is 1.85 bits per heavy atom. The van der Waals surface area contributed by atoms with Crippen LogP contribution < -0.4 is 5.56 Å². The Bertz CT molecular complexity index is 1270. The molecule has 0 fully saturated rings. The summed E-state index contributed by atoms with van der Waals surface area (Å²) in [6.45, 7) is 0. The molecule has 3 aromatic heterocycles. The zero-order valence-electron chi connectivity index (χ0n) is 13.2. The molecular formula is C19H10N4O2S. The quantitative estimate of drug-likeness (QED) is 0.572. The van der Waals surface area contributed by atoms with Crippen LogP contribution in [0.4, 0.5) is 0 Å². The summed E-state index contributed by atoms with van der Waals surface area (Å²) < 4.78 is 1.53. The number of thiophene rings is 1. The van der Waals surface area contributed by atoms with Gasteiger partial charge in [0.05, 0.1) is 5.52 Å². The van der Waals surface area contributed by atoms with E-state index < -0.39 is 11.3 Å². The van der Waals surface area contributed by atoms with Crippen LogP contribution >= 0.6 is 11.3 Å². The second-order valence-corrected chi connectivity index (χ2v) is 6.37. The normalized spacial score (nSPS) is 10.5. The third-order valence-corrected chi connectivity index (χ3v) is 4.83. The molecule has 4 aromatic rings. The fourth-order valence-corrected chi connectivity index (χ4v) is 3.60. The molecule has 1 aromatic carbocycles. The lowest BCUT2D eigenvalue weighted by Crippen LogP contribution is -2.10. The van der Waals surface area contributed by atoms with Crippen molar-refractivity contribution < 1.29 is 5.11 Å². The number of nitriles is 2. The number of aromatic amines is 1. The zero-order chi connectivity index (χ0) is 18.3. The predicted octanol–water partition coefficient (Wildman–Crippen LogP) is 3.50. The summed E-state index contributed by atoms with van der Waals surface area (Å²) in [5, 5.41) is 33.0. The molecule has 0 saturated carbocycles. The van der Waals surface area contributed by atoms with E-state index in [-0.39, 0.29) is 16.8 Å². The van der Waals surface area contributed by atoms with E-state index in [1.807, 2.05) is 41.1 Å². The van der Waals surface area contributed by atoms with Crippen LogP contribution in [0.3, 0.4) is 0 Å². The molecule has 7 heteroatoms. The van der Waals surface area contributed by atoms with E-state index in [9.17, 15) is 15.2 Å². The van der Waals surface area contributed by atoms with Crippen molar-refractivity contribution in [3.63, 3.8) is 0 Å². The van der Waals surface area contributed by atoms with Crippen LogP contribution in [0.5, 0.6) is 5.75 Å². The van der Waals surface area contributed by atoms with Crippen LogP contribution in [0.1, 0.15) is 11.3 Å². The maximum absolute atomic E-state index is 11.9. The summed E-state index contributed by atoms with van der Waals surface area (Å²) in [5.41, 5.74) is 2.46. The van der Waals surface area contributed by atoms with Crippen molar-refractivity contribution in [3.8, 4) is 34.7 Å². The molecule has 0 spiro atoms. The molecule has 124 valence electrons. The standard InChI is InChI=1S/C19H10N4O2S/c20-8-14-7-16-17(18(24)15(9-21)19(25)22-16)23(14)13-3-1-11(2-4-13)12-5-6-26-10-12/h1-7,10H,(H2,22,24,25). The molecule has 2 N–H and O–H groups in total. The van der Waals surface area contributed by atoms with Crippen LogP contribution in [0, 0.1) is 22.7 Å². The Hall–Kier alpha value is -3.81. The molecule has 0 atom stereocenters. The van der Waals surface area contributed by atoms with Gasteiger partial charge in [0.1, 0.15) is 23.3 Å². The summed E-state index contributed by atoms with van der Waals surface area (Å²) >= 11 is 1.61. The van der Waals surface area contributed by atoms with Gasteiger partial charge in [0.15, 0.2) is 11.3 Å². The number of pyridine rings is 1. The molecule has 4 rings (SSSR count). The number of rotatable bonds is 2. The first-order valence-corrected chi connectivity index (χ1v) is 8.52. The molecule has 6 nitrogen and oxygen atoms in total. The van der Waals surface area contributed by atoms with E-state index in [0.717, 1.165) is 11.1 Å². The van der Waals surface area contributed by atoms with Crippen LogP contribution in [0.15, 0.2) is 52.0 Å². The van der Waals surface area contributed by atoms with Crippen molar-refractivity contribution in [2.75, 3.05) is 0 Å². The van der Waals surface area contributed by atoms with Crippen molar-refractivity contribution in [2.24, 2.45) is 0 Å². The maximum atomic E-state index is 11.9. The van der Waals surface area contributed by atoms with Gasteiger partial charge in [-0.3, -0.25) is 9.36 Å². The summed E-state index contributed by atoms with van der Waals surface area (Å²) in [4.78, 5) is 14.4. The van der Waals surface area contributed by atoms with Gasteiger partial charge in [-0.1, -0.05) is 12.1 Å². The lowest BCUT2D eigenvalue weighted by atomic mass is 10.1. The second kappa shape index (κ2) is 5.92. The van der Waals surface area contributed by atoms with Gasteiger partial charge in [-0.25, -0.2) is 0 Å². The fraction of sp³-hybridized carbons (Fsp3) is 0. The topological polar surface area (TPSA) is 106 Å². The number of nitrogens with one attached hydrogen (secondary N) is 1. The van der Waals surface area contributed by atoms with Crippen molar-refractivity contribution in [2.45, 2.75) is 0 Å². The first-order chi connectivity index (χ1) is 12.6. The number of hydrogen-bond acceptors (Lipinski definition) is 5. The van der Waals surface area contributed by atoms with Gasteiger partial charge in [0.25, 0.3) is 5.56 Å². The molecule has 0 aliphatic carbocycles. The lowest BCUT2D eigenvalue weighted by Gasteiger charge is -2.09. The van der Waals surface area contributed by atoms with Gasteiger partial charge in [-0.2, -0.15) is 21.9 Å². The number of H-pyrrole nitrogens is 1. The monoisotopic (exact) mass is 358 g/mol. The van der Waals surface area contributed by atoms with E-state index >= 15 is 0 Å². The molecule has 0 radical (unpaired) electrons. The summed E-state index contributed by atoms with van der Waals surface area (Å²) in [7, 11) is 0. The Morgan fingerprint density at radius 3 is 2.46 bits per heavy atom. The molecule has 0 aliphatic rings. The molecule has 0 bridgehead atoms. The van der Waals surface area contributed by atoms with Crippen molar-refractivity contribution in [1.29, 1.82) is 10.5 Å². The van der Waals surface area contributed by atoms with E-state index in [2.05, 4.69) is 11.1 Å². The lowest BCUT2D eigenvalue weighted by molar-refractivity contribution is 0.476. The van der Waals surface area contributed by atoms with E-state index in [0.29, 0.717) is 11.2 Å². The van der Waals surface area contributed by atoms with E-state index in [4.69, 9.17) is 5.26 Å². The second-order valence-electron chi connectivity index (χ2n) is 5.59. The fourth-order valence-electron chi connectivity index (χ4n) is 2.94. The third kappa shape index (κ3) is 2.27. The van der Waals surface area contributed by atoms with Crippen molar-refractivity contribution in [1.82, 2.24) is 9.55 Å². The number of hydrogen-bond donors (Lipinski definition) is 2. The smallest absolute Gasteiger partial charge is 0.270 e. The SMILES string of the molecule is N#Cc1c(O)c2c(cc(C#N)n2-c2ccc(-c3ccsc3)cc2)[nH]c1=O. The number of aromatic hydroxyl groups is 1. The van der Waals surface area contributed by atoms with Crippen molar-refractivity contribution in [3.05, 3.63) is 68.8 Å². The van der Waals surface area contributed by atoms with Crippen LogP contribution in [0.2, 0.25) is 0 Å². The van der Waals surface area contributed by atoms with Gasteiger partial charge in [-0.05, 0) is 46.2 Å². The Balaban J connectivity index is 1.98. The third-order valence-electron chi connectivity index (χ3n) is 4.14. The Labute approximate surface area is 151 Å². The minimum absolute atomic E-state index is 0.223. The van der Waals surface area contributed by atoms with E-state index in [1.54, 1.807) is 17.4 Å². The van der Waals surface area contributed by atoms with Gasteiger partial charge >= 0.3 is 0 Å². The number of nitrogens with zero attached hydrogens (tertiary/aromatic N) is 3. The first kappa shape index (κ1) is 15.7. The summed E-state index contributed by atoms with van der Waals surface area (Å²) in [5.74, 6) is -0.435. The number of aromatic nitrogens is 2. The number of fused-ring (bicyclic) bond motifs is 1. The van der Waals surface area contributed by atoms with Gasteiger partial charge < -0.3 is 10.1 Å². The van der Waals surface area contributed by atoms with Gasteiger partial charge in [0.2, 0.25) is 0 Å². The van der Waals surface area contributed by atoms with E-state index in [1.165, 1.54) is 10.6 Å². The Morgan fingerprint density at radius 1 is 1.08 bits per heavy atom. The summed E-state index contributed by atoms with van der Waals surface area (Å²) in [6.07, 6.45) is 0. The minimum Gasteiger partial charge on any atom is -0.504 e. The van der Waals surface area contributed by atoms with Gasteiger partial charge in [0, 0.05) is 5.69 Å². The number of benzene rings is 1. The Kier molecular flexibility index (Phi) is 3.58. The molecule has 3 heterocycles. The zero-order valence-corrected chi connectivity index (χ0v) is 14.0. The minimum atomic E-state index is -0.688. The molecule has 0 amide bonds.